The third kappa shape index (κ3) is 4.41. The molecule has 4 atom stereocenters. The fourth-order valence-corrected chi connectivity index (χ4v) is 4.78. The molecule has 36 heavy (non-hydrogen) atoms. The number of ether oxygens (including phenoxy) is 1. The lowest BCUT2D eigenvalue weighted by Gasteiger charge is -2.20. The Morgan fingerprint density at radius 2 is 1.72 bits per heavy atom. The second kappa shape index (κ2) is 10.0. The number of benzene rings is 2. The molecule has 1 aliphatic rings. The van der Waals surface area contributed by atoms with Crippen LogP contribution in [-0.4, -0.2) is 67.6 Å². The van der Waals surface area contributed by atoms with E-state index >= 15 is 0 Å². The van der Waals surface area contributed by atoms with E-state index in [1.807, 2.05) is 36.4 Å². The van der Waals surface area contributed by atoms with E-state index in [1.165, 1.54) is 13.4 Å². The largest absolute Gasteiger partial charge is 0.463 e. The highest BCUT2D eigenvalue weighted by Gasteiger charge is 2.41. The molecule has 0 bridgehead atoms. The number of methoxy groups -OCH3 is 1. The number of rotatable bonds is 7. The summed E-state index contributed by atoms with van der Waals surface area (Å²) >= 11 is 0. The molecule has 0 amide bonds. The Morgan fingerprint density at radius 3 is 2.28 bits per heavy atom. The predicted octanol–water partition coefficient (Wildman–Crippen LogP) is 1.85. The van der Waals surface area contributed by atoms with Crippen molar-refractivity contribution < 1.29 is 19.7 Å². The number of aliphatic hydroxyl groups excluding tert-OH is 2. The molecule has 2 aromatic heterocycles. The summed E-state index contributed by atoms with van der Waals surface area (Å²) in [7, 11) is 1.26. The van der Waals surface area contributed by atoms with Crippen molar-refractivity contribution in [3.05, 3.63) is 83.9 Å². The Kier molecular flexibility index (Phi) is 6.64. The van der Waals surface area contributed by atoms with Gasteiger partial charge in [0.1, 0.15) is 11.6 Å². The minimum Gasteiger partial charge on any atom is -0.463 e. The van der Waals surface area contributed by atoms with Gasteiger partial charge in [-0.05, 0) is 17.5 Å². The maximum atomic E-state index is 12.4. The van der Waals surface area contributed by atoms with Crippen molar-refractivity contribution in [2.75, 3.05) is 19.0 Å². The molecule has 0 spiro atoms. The molecule has 5 rings (SSSR count). The zero-order valence-corrected chi connectivity index (χ0v) is 19.7. The molecule has 4 aromatic rings. The number of anilines is 1. The number of carbonyl (C=O) groups is 1. The number of fused-ring (bicyclic) bond motifs is 1. The summed E-state index contributed by atoms with van der Waals surface area (Å²) in [4.78, 5) is 25.7. The van der Waals surface area contributed by atoms with Crippen molar-refractivity contribution in [2.24, 2.45) is 5.73 Å². The summed E-state index contributed by atoms with van der Waals surface area (Å²) in [6, 6.07) is 19.1. The van der Waals surface area contributed by atoms with Crippen LogP contribution in [0.3, 0.4) is 0 Å². The number of hydrogen-bond donors (Lipinski definition) is 4. The van der Waals surface area contributed by atoms with Crippen molar-refractivity contribution in [1.29, 1.82) is 0 Å². The molecule has 10 nitrogen and oxygen atoms in total. The first-order chi connectivity index (χ1) is 17.5. The van der Waals surface area contributed by atoms with Gasteiger partial charge in [0.25, 0.3) is 0 Å². The average Bonchev–Trinajstić information content (AvgIpc) is 3.45. The summed E-state index contributed by atoms with van der Waals surface area (Å²) in [5.41, 5.74) is 8.99. The molecule has 1 aliphatic carbocycles. The molecule has 1 saturated carbocycles. The van der Waals surface area contributed by atoms with Gasteiger partial charge in [-0.25, -0.2) is 19.7 Å². The third-order valence-corrected chi connectivity index (χ3v) is 6.72. The lowest BCUT2D eigenvalue weighted by atomic mass is 9.91. The van der Waals surface area contributed by atoms with E-state index in [0.29, 0.717) is 29.9 Å². The average molecular weight is 489 g/mol. The normalized spacial score (nSPS) is 21.7. The van der Waals surface area contributed by atoms with E-state index in [9.17, 15) is 15.0 Å². The summed E-state index contributed by atoms with van der Waals surface area (Å²) in [5.74, 6) is -0.458. The number of carbonyl (C=O) groups excluding carboxylic acids is 1. The first-order valence-electron chi connectivity index (χ1n) is 11.8. The molecule has 10 heteroatoms. The quantitative estimate of drug-likeness (QED) is 0.286. The number of aromatic nitrogens is 4. The van der Waals surface area contributed by atoms with Gasteiger partial charge in [-0.2, -0.15) is 0 Å². The van der Waals surface area contributed by atoms with Gasteiger partial charge in [-0.3, -0.25) is 0 Å². The molecule has 1 fully saturated rings. The van der Waals surface area contributed by atoms with Crippen LogP contribution in [0.4, 0.5) is 5.82 Å². The number of nitrogens with two attached hydrogens (primary N) is 1. The Balaban J connectivity index is 1.53. The van der Waals surface area contributed by atoms with Crippen molar-refractivity contribution in [1.82, 2.24) is 19.5 Å². The lowest BCUT2D eigenvalue weighted by molar-refractivity contribution is 0.0187. The first kappa shape index (κ1) is 23.9. The number of imidazole rings is 1. The van der Waals surface area contributed by atoms with E-state index < -0.39 is 30.3 Å². The highest BCUT2D eigenvalue weighted by atomic mass is 16.5. The minimum absolute atomic E-state index is 0.00544. The Hall–Kier alpha value is -3.86. The van der Waals surface area contributed by atoms with Crippen molar-refractivity contribution in [3.8, 4) is 0 Å². The third-order valence-electron chi connectivity index (χ3n) is 6.72. The Bertz CT molecular complexity index is 1310. The van der Waals surface area contributed by atoms with Gasteiger partial charge >= 0.3 is 5.97 Å². The van der Waals surface area contributed by atoms with Gasteiger partial charge in [0.2, 0.25) is 5.82 Å². The van der Waals surface area contributed by atoms with Crippen LogP contribution < -0.4 is 11.1 Å². The van der Waals surface area contributed by atoms with Gasteiger partial charge in [0, 0.05) is 18.5 Å². The van der Waals surface area contributed by atoms with Crippen LogP contribution in [0.25, 0.3) is 11.2 Å². The fourth-order valence-electron chi connectivity index (χ4n) is 4.78. The second-order valence-electron chi connectivity index (χ2n) is 8.91. The fraction of sp³-hybridized carbons (Fsp3) is 0.308. The number of nitrogens with zero attached hydrogens (tertiary/aromatic N) is 4. The monoisotopic (exact) mass is 488 g/mol. The van der Waals surface area contributed by atoms with E-state index in [1.54, 1.807) is 4.57 Å². The van der Waals surface area contributed by atoms with Gasteiger partial charge < -0.3 is 30.6 Å². The molecular weight excluding hydrogens is 460 g/mol. The number of esters is 1. The first-order valence-corrected chi connectivity index (χ1v) is 11.8. The Morgan fingerprint density at radius 1 is 1.08 bits per heavy atom. The van der Waals surface area contributed by atoms with Crippen LogP contribution in [0.15, 0.2) is 67.0 Å². The zero-order chi connectivity index (χ0) is 25.2. The predicted molar refractivity (Wildman–Crippen MR) is 134 cm³/mol. The van der Waals surface area contributed by atoms with Crippen LogP contribution in [0, 0.1) is 0 Å². The van der Waals surface area contributed by atoms with Crippen molar-refractivity contribution in [3.63, 3.8) is 0 Å². The molecule has 0 unspecified atom stereocenters. The van der Waals surface area contributed by atoms with Gasteiger partial charge in [-0.15, -0.1) is 0 Å². The number of aliphatic hydroxyl groups is 2. The van der Waals surface area contributed by atoms with Crippen molar-refractivity contribution in [2.45, 2.75) is 36.6 Å². The summed E-state index contributed by atoms with van der Waals surface area (Å²) in [6.45, 7) is 0.475. The number of nitrogens with one attached hydrogen (secondary N) is 1. The molecular formula is C26H28N6O4. The van der Waals surface area contributed by atoms with Gasteiger partial charge in [0.05, 0.1) is 25.6 Å². The molecule has 2 aromatic carbocycles. The van der Waals surface area contributed by atoms with Crippen LogP contribution in [0.2, 0.25) is 0 Å². The van der Waals surface area contributed by atoms with Gasteiger partial charge in [0.15, 0.2) is 11.5 Å². The Labute approximate surface area is 207 Å². The van der Waals surface area contributed by atoms with E-state index in [0.717, 1.165) is 11.1 Å². The molecule has 0 saturated heterocycles. The standard InChI is InChI=1S/C26H28N6O4/c1-36-26(35)24-30-23(20-25(31-24)32(14-29-20)19-12-18(27)21(33)22(19)34)28-13-17(15-8-4-2-5-9-15)16-10-6-3-7-11-16/h2-11,14,17-19,21-22,33-34H,12-13,27H2,1H3,(H,28,30,31)/t18-,19+,21+,22-/m0/s1. The van der Waals surface area contributed by atoms with Crippen LogP contribution in [0.1, 0.15) is 40.1 Å². The van der Waals surface area contributed by atoms with Crippen LogP contribution in [-0.2, 0) is 4.74 Å². The molecule has 5 N–H and O–H groups in total. The highest BCUT2D eigenvalue weighted by molar-refractivity contribution is 5.91. The van der Waals surface area contributed by atoms with Crippen LogP contribution in [0.5, 0.6) is 0 Å². The SMILES string of the molecule is COC(=O)c1nc(NCC(c2ccccc2)c2ccccc2)c2ncn([C@@H]3C[C@H](N)[C@@H](O)[C@H]3O)c2n1. The van der Waals surface area contributed by atoms with Crippen molar-refractivity contribution >= 4 is 23.0 Å². The maximum absolute atomic E-state index is 12.4. The number of hydrogen-bond acceptors (Lipinski definition) is 9. The van der Waals surface area contributed by atoms with E-state index in [2.05, 4.69) is 44.5 Å². The summed E-state index contributed by atoms with van der Waals surface area (Å²) in [5, 5.41) is 24.1. The topological polar surface area (TPSA) is 148 Å². The molecule has 0 radical (unpaired) electrons. The molecule has 186 valence electrons. The smallest absolute Gasteiger partial charge is 0.376 e. The molecule has 2 heterocycles. The van der Waals surface area contributed by atoms with Gasteiger partial charge in [-0.1, -0.05) is 60.7 Å². The second-order valence-corrected chi connectivity index (χ2v) is 8.91. The lowest BCUT2D eigenvalue weighted by Crippen LogP contribution is -2.35. The zero-order valence-electron chi connectivity index (χ0n) is 19.7. The summed E-state index contributed by atoms with van der Waals surface area (Å²) < 4.78 is 6.51. The minimum atomic E-state index is -1.09. The highest BCUT2D eigenvalue weighted by Crippen LogP contribution is 2.33. The van der Waals surface area contributed by atoms with E-state index in [4.69, 9.17) is 10.5 Å². The van der Waals surface area contributed by atoms with E-state index in [-0.39, 0.29) is 11.7 Å². The van der Waals surface area contributed by atoms with Crippen LogP contribution >= 0.6 is 0 Å². The molecule has 0 aliphatic heterocycles. The maximum Gasteiger partial charge on any atom is 0.376 e. The summed E-state index contributed by atoms with van der Waals surface area (Å²) in [6.07, 6.45) is -0.302.